The first kappa shape index (κ1) is 25.8. The van der Waals surface area contributed by atoms with Gasteiger partial charge in [-0.25, -0.2) is 4.98 Å². The maximum Gasteiger partial charge on any atom is 0.309 e. The molecular weight excluding hydrogens is 472 g/mol. The van der Waals surface area contributed by atoms with E-state index in [1.165, 1.54) is 25.0 Å². The summed E-state index contributed by atoms with van der Waals surface area (Å²) in [6.45, 7) is 3.15. The molecule has 35 heavy (non-hydrogen) atoms. The van der Waals surface area contributed by atoms with Gasteiger partial charge in [0.15, 0.2) is 0 Å². The molecule has 9 nitrogen and oxygen atoms in total. The highest BCUT2D eigenvalue weighted by atomic mass is 32.2. The monoisotopic (exact) mass is 500 g/mol. The van der Waals surface area contributed by atoms with Crippen molar-refractivity contribution in [3.63, 3.8) is 0 Å². The van der Waals surface area contributed by atoms with Gasteiger partial charge in [-0.1, -0.05) is 6.92 Å². The molecule has 2 aromatic carbocycles. The number of benzene rings is 2. The van der Waals surface area contributed by atoms with Crippen LogP contribution < -0.4 is 23.3 Å². The smallest absolute Gasteiger partial charge is 0.309 e. The molecule has 1 amide bonds. The Hall–Kier alpha value is -3.79. The normalized spacial score (nSPS) is 11.0. The molecular formula is C25H28N2O7S. The lowest BCUT2D eigenvalue weighted by Crippen LogP contribution is -2.29. The summed E-state index contributed by atoms with van der Waals surface area (Å²) in [6, 6.07) is 15.1. The largest absolute Gasteiger partial charge is 0.497 e. The summed E-state index contributed by atoms with van der Waals surface area (Å²) in [6.07, 6.45) is 1.97. The van der Waals surface area contributed by atoms with Crippen LogP contribution in [-0.4, -0.2) is 39.3 Å². The van der Waals surface area contributed by atoms with Gasteiger partial charge in [-0.05, 0) is 61.0 Å². The first-order valence-electron chi connectivity index (χ1n) is 10.9. The number of nitrogens with zero attached hydrogens (tertiary/aromatic N) is 2. The Morgan fingerprint density at radius 3 is 2.26 bits per heavy atom. The van der Waals surface area contributed by atoms with Gasteiger partial charge in [-0.2, -0.15) is 8.42 Å². The summed E-state index contributed by atoms with van der Waals surface area (Å²) in [4.78, 5) is 18.5. The molecule has 1 aromatic heterocycles. The maximum absolute atomic E-state index is 12.7. The van der Waals surface area contributed by atoms with Gasteiger partial charge in [-0.15, -0.1) is 0 Å². The minimum absolute atomic E-state index is 0.00578. The molecule has 0 fully saturated rings. The average Bonchev–Trinajstić information content (AvgIpc) is 2.84. The van der Waals surface area contributed by atoms with E-state index in [-0.39, 0.29) is 29.8 Å². The van der Waals surface area contributed by atoms with Crippen LogP contribution in [0.5, 0.6) is 28.9 Å². The number of hydrogen-bond donors (Lipinski definition) is 0. The van der Waals surface area contributed by atoms with E-state index in [4.69, 9.17) is 18.4 Å². The lowest BCUT2D eigenvalue weighted by atomic mass is 10.1. The zero-order valence-electron chi connectivity index (χ0n) is 20.1. The molecule has 186 valence electrons. The Morgan fingerprint density at radius 2 is 1.63 bits per heavy atom. The van der Waals surface area contributed by atoms with Gasteiger partial charge in [0.2, 0.25) is 11.8 Å². The third-order valence-electron chi connectivity index (χ3n) is 4.96. The van der Waals surface area contributed by atoms with Gasteiger partial charge in [0, 0.05) is 18.7 Å². The number of methoxy groups -OCH3 is 2. The van der Waals surface area contributed by atoms with Crippen molar-refractivity contribution in [3.8, 4) is 28.9 Å². The number of carbonyl (C=O) groups is 1. The van der Waals surface area contributed by atoms with Gasteiger partial charge >= 0.3 is 10.1 Å². The Balaban J connectivity index is 1.97. The van der Waals surface area contributed by atoms with Crippen LogP contribution in [0, 0.1) is 0 Å². The molecule has 3 rings (SSSR count). The van der Waals surface area contributed by atoms with E-state index in [2.05, 4.69) is 4.98 Å². The van der Waals surface area contributed by atoms with Crippen LogP contribution in [0.3, 0.4) is 0 Å². The number of anilines is 1. The molecule has 0 N–H and O–H groups in total. The predicted molar refractivity (Wildman–Crippen MR) is 132 cm³/mol. The van der Waals surface area contributed by atoms with E-state index in [1.807, 2.05) is 0 Å². The topological polar surface area (TPSA) is 104 Å². The van der Waals surface area contributed by atoms with E-state index in [1.54, 1.807) is 68.8 Å². The number of aromatic nitrogens is 1. The zero-order valence-corrected chi connectivity index (χ0v) is 20.9. The Labute approximate surface area is 205 Å². The third kappa shape index (κ3) is 6.86. The highest BCUT2D eigenvalue weighted by Gasteiger charge is 2.22. The van der Waals surface area contributed by atoms with Crippen molar-refractivity contribution in [1.82, 2.24) is 4.98 Å². The van der Waals surface area contributed by atoms with Crippen LogP contribution in [0.2, 0.25) is 0 Å². The van der Waals surface area contributed by atoms with E-state index in [9.17, 15) is 13.2 Å². The number of pyridine rings is 1. The second-order valence-electron chi connectivity index (χ2n) is 7.53. The fourth-order valence-electron chi connectivity index (χ4n) is 3.27. The number of amides is 1. The average molecular weight is 501 g/mol. The summed E-state index contributed by atoms with van der Waals surface area (Å²) in [5, 5.41) is 0. The predicted octanol–water partition coefficient (Wildman–Crippen LogP) is 4.56. The molecule has 0 radical (unpaired) electrons. The van der Waals surface area contributed by atoms with Crippen LogP contribution in [0.25, 0.3) is 0 Å². The van der Waals surface area contributed by atoms with Crippen LogP contribution in [0.4, 0.5) is 5.69 Å². The molecule has 0 aliphatic rings. The molecule has 0 spiro atoms. The second kappa shape index (κ2) is 11.6. The van der Waals surface area contributed by atoms with Crippen molar-refractivity contribution >= 4 is 21.7 Å². The van der Waals surface area contributed by atoms with Crippen molar-refractivity contribution < 1.29 is 31.6 Å². The van der Waals surface area contributed by atoms with Crippen LogP contribution in [0.15, 0.2) is 60.8 Å². The SMILES string of the molecule is CCCS(=O)(=O)Oc1ccc(OC)cc1CN(C(C)=O)c1cccnc1Oc1ccc(OC)cc1. The number of hydrogen-bond acceptors (Lipinski definition) is 8. The number of carbonyl (C=O) groups excluding carboxylic acids is 1. The van der Waals surface area contributed by atoms with E-state index in [0.717, 1.165) is 0 Å². The van der Waals surface area contributed by atoms with Crippen LogP contribution >= 0.6 is 0 Å². The Bertz CT molecular complexity index is 1260. The van der Waals surface area contributed by atoms with E-state index < -0.39 is 10.1 Å². The summed E-state index contributed by atoms with van der Waals surface area (Å²) in [5.74, 6) is 1.56. The van der Waals surface area contributed by atoms with Gasteiger partial charge in [0.1, 0.15) is 28.7 Å². The number of rotatable bonds is 11. The van der Waals surface area contributed by atoms with Crippen LogP contribution in [0.1, 0.15) is 25.8 Å². The molecule has 0 aliphatic heterocycles. The maximum atomic E-state index is 12.7. The summed E-state index contributed by atoms with van der Waals surface area (Å²) >= 11 is 0. The van der Waals surface area contributed by atoms with Crippen molar-refractivity contribution in [3.05, 3.63) is 66.4 Å². The molecule has 1 heterocycles. The molecule has 10 heteroatoms. The van der Waals surface area contributed by atoms with Gasteiger partial charge in [-0.3, -0.25) is 4.79 Å². The molecule has 0 saturated heterocycles. The molecule has 0 unspecified atom stereocenters. The van der Waals surface area contributed by atoms with E-state index >= 15 is 0 Å². The minimum atomic E-state index is -3.79. The quantitative estimate of drug-likeness (QED) is 0.353. The van der Waals surface area contributed by atoms with Crippen LogP contribution in [-0.2, 0) is 21.5 Å². The van der Waals surface area contributed by atoms with Crippen molar-refractivity contribution in [2.75, 3.05) is 24.9 Å². The highest BCUT2D eigenvalue weighted by Crippen LogP contribution is 2.34. The highest BCUT2D eigenvalue weighted by molar-refractivity contribution is 7.87. The van der Waals surface area contributed by atoms with Crippen molar-refractivity contribution in [2.24, 2.45) is 0 Å². The lowest BCUT2D eigenvalue weighted by Gasteiger charge is -2.24. The molecule has 0 saturated carbocycles. The van der Waals surface area contributed by atoms with E-state index in [0.29, 0.717) is 34.9 Å². The van der Waals surface area contributed by atoms with Gasteiger partial charge in [0.25, 0.3) is 0 Å². The second-order valence-corrected chi connectivity index (χ2v) is 9.22. The standard InChI is InChI=1S/C25H28N2O7S/c1-5-15-35(29,30)34-24-13-12-22(32-4)16-19(24)17-27(18(2)28)23-7-6-14-26-25(23)33-21-10-8-20(31-3)9-11-21/h6-14,16H,5,15,17H2,1-4H3. The lowest BCUT2D eigenvalue weighted by molar-refractivity contribution is -0.116. The minimum Gasteiger partial charge on any atom is -0.497 e. The molecule has 0 bridgehead atoms. The van der Waals surface area contributed by atoms with Crippen molar-refractivity contribution in [1.29, 1.82) is 0 Å². The number of ether oxygens (including phenoxy) is 3. The molecule has 0 aliphatic carbocycles. The summed E-state index contributed by atoms with van der Waals surface area (Å²) in [5.41, 5.74) is 0.847. The Kier molecular flexibility index (Phi) is 8.53. The first-order valence-corrected chi connectivity index (χ1v) is 12.5. The molecule has 3 aromatic rings. The fraction of sp³-hybridized carbons (Fsp3) is 0.280. The zero-order chi connectivity index (χ0) is 25.4. The summed E-state index contributed by atoms with van der Waals surface area (Å²) < 4.78 is 46.4. The molecule has 0 atom stereocenters. The summed E-state index contributed by atoms with van der Waals surface area (Å²) in [7, 11) is -0.725. The van der Waals surface area contributed by atoms with Gasteiger partial charge in [0.05, 0.1) is 26.5 Å². The third-order valence-corrected chi connectivity index (χ3v) is 6.30. The van der Waals surface area contributed by atoms with Gasteiger partial charge < -0.3 is 23.3 Å². The first-order chi connectivity index (χ1) is 16.8. The Morgan fingerprint density at radius 1 is 0.971 bits per heavy atom. The van der Waals surface area contributed by atoms with Crippen molar-refractivity contribution in [2.45, 2.75) is 26.8 Å². The fourth-order valence-corrected chi connectivity index (χ4v) is 4.29.